The lowest BCUT2D eigenvalue weighted by Gasteiger charge is -2.14. The molecule has 0 fully saturated rings. The van der Waals surface area contributed by atoms with Gasteiger partial charge >= 0.3 is 6.03 Å². The van der Waals surface area contributed by atoms with Gasteiger partial charge in [0, 0.05) is 23.6 Å². The Labute approximate surface area is 109 Å². The van der Waals surface area contributed by atoms with Gasteiger partial charge in [0.05, 0.1) is 0 Å². The number of carbonyl (C=O) groups is 1. The van der Waals surface area contributed by atoms with Crippen LogP contribution >= 0.6 is 15.9 Å². The van der Waals surface area contributed by atoms with Crippen molar-refractivity contribution >= 4 is 22.0 Å². The first kappa shape index (κ1) is 12.4. The molecule has 0 saturated carbocycles. The van der Waals surface area contributed by atoms with Crippen LogP contribution in [-0.4, -0.2) is 19.1 Å². The largest absolute Gasteiger partial charge is 0.352 e. The molecule has 1 aromatic carbocycles. The fraction of sp³-hybridized carbons (Fsp3) is 0.417. The van der Waals surface area contributed by atoms with Gasteiger partial charge in [0.1, 0.15) is 0 Å². The zero-order valence-corrected chi connectivity index (χ0v) is 11.1. The molecule has 5 heteroatoms. The highest BCUT2D eigenvalue weighted by Crippen LogP contribution is 2.32. The van der Waals surface area contributed by atoms with Gasteiger partial charge < -0.3 is 16.4 Å². The number of urea groups is 1. The molecule has 0 spiro atoms. The van der Waals surface area contributed by atoms with Crippen molar-refractivity contribution in [2.24, 2.45) is 5.73 Å². The molecule has 0 bridgehead atoms. The molecule has 1 aromatic rings. The number of primary amides is 1. The quantitative estimate of drug-likeness (QED) is 0.741. The van der Waals surface area contributed by atoms with Crippen LogP contribution in [0.2, 0.25) is 0 Å². The van der Waals surface area contributed by atoms with Crippen molar-refractivity contribution in [1.29, 1.82) is 0 Å². The smallest absolute Gasteiger partial charge is 0.312 e. The van der Waals surface area contributed by atoms with E-state index in [1.807, 2.05) is 0 Å². The van der Waals surface area contributed by atoms with Crippen LogP contribution in [0.25, 0.3) is 0 Å². The van der Waals surface area contributed by atoms with Gasteiger partial charge in [0.15, 0.2) is 0 Å². The van der Waals surface area contributed by atoms with E-state index in [1.165, 1.54) is 11.1 Å². The van der Waals surface area contributed by atoms with Crippen LogP contribution in [0.4, 0.5) is 4.79 Å². The number of nitrogens with one attached hydrogen (secondary N) is 2. The van der Waals surface area contributed by atoms with E-state index in [9.17, 15) is 4.79 Å². The van der Waals surface area contributed by atoms with E-state index < -0.39 is 6.03 Å². The van der Waals surface area contributed by atoms with Crippen molar-refractivity contribution in [2.45, 2.75) is 18.9 Å². The zero-order valence-electron chi connectivity index (χ0n) is 9.50. The first-order chi connectivity index (χ1) is 8.16. The van der Waals surface area contributed by atoms with E-state index in [2.05, 4.69) is 44.8 Å². The summed E-state index contributed by atoms with van der Waals surface area (Å²) in [7, 11) is 0. The van der Waals surface area contributed by atoms with Gasteiger partial charge in [-0.05, 0) is 36.1 Å². The van der Waals surface area contributed by atoms with Gasteiger partial charge in [0.2, 0.25) is 0 Å². The monoisotopic (exact) mass is 297 g/mol. The Morgan fingerprint density at radius 2 is 2.29 bits per heavy atom. The molecule has 0 aliphatic heterocycles. The highest BCUT2D eigenvalue weighted by Gasteiger charge is 2.21. The lowest BCUT2D eigenvalue weighted by molar-refractivity contribution is 0.249. The summed E-state index contributed by atoms with van der Waals surface area (Å²) in [6.45, 7) is 1.30. The van der Waals surface area contributed by atoms with Crippen molar-refractivity contribution in [3.05, 3.63) is 33.8 Å². The van der Waals surface area contributed by atoms with Gasteiger partial charge in [0.25, 0.3) is 0 Å². The number of benzene rings is 1. The Kier molecular flexibility index (Phi) is 4.02. The first-order valence-electron chi connectivity index (χ1n) is 5.72. The SMILES string of the molecule is NC(=O)NCCNC1CCc2ccc(Br)cc21. The summed E-state index contributed by atoms with van der Waals surface area (Å²) in [5, 5.41) is 6.00. The molecule has 4 nitrogen and oxygen atoms in total. The minimum Gasteiger partial charge on any atom is -0.352 e. The summed E-state index contributed by atoms with van der Waals surface area (Å²) >= 11 is 3.49. The number of aryl methyl sites for hydroxylation is 1. The van der Waals surface area contributed by atoms with Crippen molar-refractivity contribution in [3.63, 3.8) is 0 Å². The number of carbonyl (C=O) groups excluding carboxylic acids is 1. The van der Waals surface area contributed by atoms with E-state index in [-0.39, 0.29) is 0 Å². The number of rotatable bonds is 4. The fourth-order valence-corrected chi connectivity index (χ4v) is 2.60. The molecule has 0 radical (unpaired) electrons. The maximum absolute atomic E-state index is 10.5. The molecule has 17 heavy (non-hydrogen) atoms. The zero-order chi connectivity index (χ0) is 12.3. The number of fused-ring (bicyclic) bond motifs is 1. The van der Waals surface area contributed by atoms with Crippen molar-refractivity contribution in [1.82, 2.24) is 10.6 Å². The topological polar surface area (TPSA) is 67.2 Å². The van der Waals surface area contributed by atoms with Gasteiger partial charge in [-0.25, -0.2) is 4.79 Å². The highest BCUT2D eigenvalue weighted by atomic mass is 79.9. The Bertz CT molecular complexity index is 422. The van der Waals surface area contributed by atoms with E-state index in [0.29, 0.717) is 12.6 Å². The maximum atomic E-state index is 10.5. The number of amides is 2. The molecule has 0 saturated heterocycles. The third kappa shape index (κ3) is 3.20. The molecule has 0 aromatic heterocycles. The second-order valence-electron chi connectivity index (χ2n) is 4.18. The highest BCUT2D eigenvalue weighted by molar-refractivity contribution is 9.10. The van der Waals surface area contributed by atoms with Crippen molar-refractivity contribution < 1.29 is 4.79 Å². The average molecular weight is 298 g/mol. The summed E-state index contributed by atoms with van der Waals surface area (Å²) in [4.78, 5) is 10.5. The van der Waals surface area contributed by atoms with Gasteiger partial charge in [-0.3, -0.25) is 0 Å². The Balaban J connectivity index is 1.88. The summed E-state index contributed by atoms with van der Waals surface area (Å²) < 4.78 is 1.11. The standard InChI is InChI=1S/C12H16BrN3O/c13-9-3-1-8-2-4-11(10(8)7-9)15-5-6-16-12(14)17/h1,3,7,11,15H,2,4-6H2,(H3,14,16,17). The second-order valence-corrected chi connectivity index (χ2v) is 5.10. The summed E-state index contributed by atoms with van der Waals surface area (Å²) in [5.74, 6) is 0. The Hall–Kier alpha value is -1.07. The van der Waals surface area contributed by atoms with Crippen LogP contribution in [0.15, 0.2) is 22.7 Å². The van der Waals surface area contributed by atoms with E-state index in [4.69, 9.17) is 5.73 Å². The number of nitrogens with two attached hydrogens (primary N) is 1. The van der Waals surface area contributed by atoms with Crippen LogP contribution in [-0.2, 0) is 6.42 Å². The van der Waals surface area contributed by atoms with E-state index in [0.717, 1.165) is 23.9 Å². The summed E-state index contributed by atoms with van der Waals surface area (Å²) in [5.41, 5.74) is 7.77. The number of halogens is 1. The minimum absolute atomic E-state index is 0.386. The predicted octanol–water partition coefficient (Wildman–Crippen LogP) is 1.69. The van der Waals surface area contributed by atoms with Crippen LogP contribution < -0.4 is 16.4 Å². The molecule has 1 aliphatic carbocycles. The second kappa shape index (κ2) is 5.51. The minimum atomic E-state index is -0.471. The first-order valence-corrected chi connectivity index (χ1v) is 6.51. The van der Waals surface area contributed by atoms with Crippen molar-refractivity contribution in [2.75, 3.05) is 13.1 Å². The van der Waals surface area contributed by atoms with Gasteiger partial charge in [-0.2, -0.15) is 0 Å². The molecule has 92 valence electrons. The van der Waals surface area contributed by atoms with Crippen LogP contribution in [0, 0.1) is 0 Å². The molecule has 2 amide bonds. The molecular weight excluding hydrogens is 282 g/mol. The molecule has 4 N–H and O–H groups in total. The molecule has 1 aliphatic rings. The lowest BCUT2D eigenvalue weighted by Crippen LogP contribution is -2.36. The normalized spacial score (nSPS) is 17.8. The summed E-state index contributed by atoms with van der Waals surface area (Å²) in [6.07, 6.45) is 2.23. The molecular formula is C12H16BrN3O. The molecule has 0 heterocycles. The third-order valence-electron chi connectivity index (χ3n) is 3.00. The maximum Gasteiger partial charge on any atom is 0.312 e. The summed E-state index contributed by atoms with van der Waals surface area (Å²) in [6, 6.07) is 6.33. The van der Waals surface area contributed by atoms with Crippen LogP contribution in [0.3, 0.4) is 0 Å². The fourth-order valence-electron chi connectivity index (χ4n) is 2.22. The van der Waals surface area contributed by atoms with E-state index >= 15 is 0 Å². The molecule has 2 rings (SSSR count). The van der Waals surface area contributed by atoms with Gasteiger partial charge in [-0.15, -0.1) is 0 Å². The van der Waals surface area contributed by atoms with Crippen LogP contribution in [0.1, 0.15) is 23.6 Å². The van der Waals surface area contributed by atoms with E-state index in [1.54, 1.807) is 0 Å². The number of hydrogen-bond acceptors (Lipinski definition) is 2. The van der Waals surface area contributed by atoms with Crippen LogP contribution in [0.5, 0.6) is 0 Å². The average Bonchev–Trinajstić information content (AvgIpc) is 2.67. The van der Waals surface area contributed by atoms with Crippen molar-refractivity contribution in [3.8, 4) is 0 Å². The molecule has 1 atom stereocenters. The van der Waals surface area contributed by atoms with Gasteiger partial charge in [-0.1, -0.05) is 22.0 Å². The number of hydrogen-bond donors (Lipinski definition) is 3. The predicted molar refractivity (Wildman–Crippen MR) is 70.8 cm³/mol. The lowest BCUT2D eigenvalue weighted by atomic mass is 10.1. The Morgan fingerprint density at radius 3 is 3.06 bits per heavy atom. The third-order valence-corrected chi connectivity index (χ3v) is 3.49. The molecule has 1 unspecified atom stereocenters. The Morgan fingerprint density at radius 1 is 1.47 bits per heavy atom.